The Kier molecular flexibility index (Phi) is 6.50. The summed E-state index contributed by atoms with van der Waals surface area (Å²) in [5.41, 5.74) is 0.0638. The molecule has 0 radical (unpaired) electrons. The fourth-order valence-electron chi connectivity index (χ4n) is 1.90. The van der Waals surface area contributed by atoms with Crippen LogP contribution in [0.1, 0.15) is 36.5 Å². The van der Waals surface area contributed by atoms with E-state index in [4.69, 9.17) is 4.74 Å². The highest BCUT2D eigenvalue weighted by Crippen LogP contribution is 2.22. The molecule has 3 nitrogen and oxygen atoms in total. The molecule has 0 aliphatic carbocycles. The lowest BCUT2D eigenvalue weighted by Gasteiger charge is -2.16. The monoisotopic (exact) mass is 267 g/mol. The molecular formula is C15H22FNO2. The number of rotatable bonds is 8. The Labute approximate surface area is 114 Å². The van der Waals surface area contributed by atoms with Gasteiger partial charge >= 0.3 is 0 Å². The molecule has 4 heteroatoms. The fourth-order valence-corrected chi connectivity index (χ4v) is 1.90. The average Bonchev–Trinajstić information content (AvgIpc) is 2.42. The Morgan fingerprint density at radius 1 is 1.37 bits per heavy atom. The Balaban J connectivity index is 2.63. The van der Waals surface area contributed by atoms with E-state index in [2.05, 4.69) is 11.8 Å². The van der Waals surface area contributed by atoms with Crippen LogP contribution in [0.3, 0.4) is 0 Å². The SMILES string of the molecule is CCCCN(C)CCC(=O)c1c(F)cccc1OC. The Morgan fingerprint density at radius 3 is 2.74 bits per heavy atom. The van der Waals surface area contributed by atoms with Crippen LogP contribution in [0, 0.1) is 5.82 Å². The Hall–Kier alpha value is -1.42. The molecule has 0 unspecified atom stereocenters. The molecule has 0 saturated heterocycles. The van der Waals surface area contributed by atoms with Crippen molar-refractivity contribution in [3.05, 3.63) is 29.6 Å². The number of hydrogen-bond donors (Lipinski definition) is 0. The third-order valence-electron chi connectivity index (χ3n) is 3.09. The van der Waals surface area contributed by atoms with Gasteiger partial charge in [0.05, 0.1) is 12.7 Å². The molecule has 0 spiro atoms. The molecule has 19 heavy (non-hydrogen) atoms. The number of unbranched alkanes of at least 4 members (excludes halogenated alkanes) is 1. The van der Waals surface area contributed by atoms with Gasteiger partial charge in [-0.25, -0.2) is 4.39 Å². The smallest absolute Gasteiger partial charge is 0.170 e. The number of methoxy groups -OCH3 is 1. The zero-order valence-electron chi connectivity index (χ0n) is 11.9. The van der Waals surface area contributed by atoms with Crippen LogP contribution < -0.4 is 4.74 Å². The number of Topliss-reactive ketones (excluding diaryl/α,β-unsaturated/α-hetero) is 1. The lowest BCUT2D eigenvalue weighted by atomic mass is 10.1. The summed E-state index contributed by atoms with van der Waals surface area (Å²) in [6, 6.07) is 4.44. The van der Waals surface area contributed by atoms with Gasteiger partial charge in [-0.05, 0) is 32.1 Å². The maximum Gasteiger partial charge on any atom is 0.170 e. The van der Waals surface area contributed by atoms with Crippen molar-refractivity contribution < 1.29 is 13.9 Å². The van der Waals surface area contributed by atoms with Crippen molar-refractivity contribution in [1.82, 2.24) is 4.90 Å². The minimum absolute atomic E-state index is 0.0638. The van der Waals surface area contributed by atoms with Crippen LogP contribution in [0.4, 0.5) is 4.39 Å². The summed E-state index contributed by atoms with van der Waals surface area (Å²) in [4.78, 5) is 14.2. The molecule has 1 aromatic carbocycles. The third kappa shape index (κ3) is 4.63. The Bertz CT molecular complexity index is 421. The average molecular weight is 267 g/mol. The summed E-state index contributed by atoms with van der Waals surface area (Å²) < 4.78 is 18.7. The number of carbonyl (C=O) groups excluding carboxylic acids is 1. The van der Waals surface area contributed by atoms with Gasteiger partial charge in [-0.1, -0.05) is 19.4 Å². The van der Waals surface area contributed by atoms with E-state index in [1.807, 2.05) is 7.05 Å². The minimum Gasteiger partial charge on any atom is -0.496 e. The van der Waals surface area contributed by atoms with Gasteiger partial charge in [0, 0.05) is 13.0 Å². The van der Waals surface area contributed by atoms with E-state index >= 15 is 0 Å². The highest BCUT2D eigenvalue weighted by atomic mass is 19.1. The molecule has 0 bridgehead atoms. The zero-order valence-corrected chi connectivity index (χ0v) is 11.9. The minimum atomic E-state index is -0.513. The molecule has 0 saturated carbocycles. The van der Waals surface area contributed by atoms with Gasteiger partial charge in [-0.15, -0.1) is 0 Å². The van der Waals surface area contributed by atoms with Crippen molar-refractivity contribution in [2.45, 2.75) is 26.2 Å². The van der Waals surface area contributed by atoms with E-state index in [1.54, 1.807) is 6.07 Å². The van der Waals surface area contributed by atoms with Crippen molar-refractivity contribution in [3.63, 3.8) is 0 Å². The summed E-state index contributed by atoms with van der Waals surface area (Å²) in [5, 5.41) is 0. The van der Waals surface area contributed by atoms with Crippen molar-refractivity contribution in [2.75, 3.05) is 27.2 Å². The molecule has 1 aromatic rings. The van der Waals surface area contributed by atoms with Crippen LogP contribution in [0.2, 0.25) is 0 Å². The van der Waals surface area contributed by atoms with Crippen molar-refractivity contribution in [3.8, 4) is 5.75 Å². The summed E-state index contributed by atoms with van der Waals surface area (Å²) in [6.07, 6.45) is 2.53. The number of benzene rings is 1. The first-order valence-corrected chi connectivity index (χ1v) is 6.64. The van der Waals surface area contributed by atoms with Crippen LogP contribution in [-0.2, 0) is 0 Å². The van der Waals surface area contributed by atoms with Crippen molar-refractivity contribution in [1.29, 1.82) is 0 Å². The van der Waals surface area contributed by atoms with Crippen molar-refractivity contribution in [2.24, 2.45) is 0 Å². The first-order chi connectivity index (χ1) is 9.10. The molecule has 0 aliphatic rings. The van der Waals surface area contributed by atoms with Crippen LogP contribution >= 0.6 is 0 Å². The summed E-state index contributed by atoms with van der Waals surface area (Å²) >= 11 is 0. The lowest BCUT2D eigenvalue weighted by Crippen LogP contribution is -2.23. The van der Waals surface area contributed by atoms with Gasteiger partial charge in [-0.3, -0.25) is 4.79 Å². The summed E-state index contributed by atoms with van der Waals surface area (Å²) in [5.74, 6) is -0.417. The molecule has 0 fully saturated rings. The van der Waals surface area contributed by atoms with Crippen LogP contribution in [0.5, 0.6) is 5.75 Å². The number of ether oxygens (including phenoxy) is 1. The number of hydrogen-bond acceptors (Lipinski definition) is 3. The maximum absolute atomic E-state index is 13.7. The normalized spacial score (nSPS) is 10.8. The fraction of sp³-hybridized carbons (Fsp3) is 0.533. The highest BCUT2D eigenvalue weighted by Gasteiger charge is 2.17. The second-order valence-electron chi connectivity index (χ2n) is 4.65. The van der Waals surface area contributed by atoms with Gasteiger partial charge in [0.15, 0.2) is 5.78 Å². The molecule has 106 valence electrons. The highest BCUT2D eigenvalue weighted by molar-refractivity contribution is 5.99. The standard InChI is InChI=1S/C15H22FNO2/c1-4-5-10-17(2)11-9-13(18)15-12(16)7-6-8-14(15)19-3/h6-8H,4-5,9-11H2,1-3H3. The second-order valence-corrected chi connectivity index (χ2v) is 4.65. The van der Waals surface area contributed by atoms with Gasteiger partial charge in [0.2, 0.25) is 0 Å². The predicted octanol–water partition coefficient (Wildman–Crippen LogP) is 3.14. The molecular weight excluding hydrogens is 245 g/mol. The first kappa shape index (κ1) is 15.6. The van der Waals surface area contributed by atoms with Crippen LogP contribution in [0.25, 0.3) is 0 Å². The van der Waals surface area contributed by atoms with E-state index < -0.39 is 5.82 Å². The van der Waals surface area contributed by atoms with Gasteiger partial charge in [0.1, 0.15) is 11.6 Å². The third-order valence-corrected chi connectivity index (χ3v) is 3.09. The first-order valence-electron chi connectivity index (χ1n) is 6.64. The quantitative estimate of drug-likeness (QED) is 0.678. The largest absolute Gasteiger partial charge is 0.496 e. The molecule has 0 aliphatic heterocycles. The van der Waals surface area contributed by atoms with E-state index in [0.29, 0.717) is 18.7 Å². The number of ketones is 1. The molecule has 0 amide bonds. The topological polar surface area (TPSA) is 29.5 Å². The predicted molar refractivity (Wildman–Crippen MR) is 74.3 cm³/mol. The second kappa shape index (κ2) is 7.89. The van der Waals surface area contributed by atoms with E-state index in [1.165, 1.54) is 19.2 Å². The van der Waals surface area contributed by atoms with Crippen molar-refractivity contribution >= 4 is 5.78 Å². The number of nitrogens with zero attached hydrogens (tertiary/aromatic N) is 1. The Morgan fingerprint density at radius 2 is 2.11 bits per heavy atom. The molecule has 0 N–H and O–H groups in total. The van der Waals surface area contributed by atoms with E-state index in [-0.39, 0.29) is 11.3 Å². The summed E-state index contributed by atoms with van der Waals surface area (Å²) in [6.45, 7) is 3.72. The van der Waals surface area contributed by atoms with E-state index in [0.717, 1.165) is 19.4 Å². The van der Waals surface area contributed by atoms with Crippen LogP contribution in [0.15, 0.2) is 18.2 Å². The summed E-state index contributed by atoms with van der Waals surface area (Å²) in [7, 11) is 3.42. The molecule has 0 heterocycles. The number of carbonyl (C=O) groups is 1. The van der Waals surface area contributed by atoms with Gasteiger partial charge in [0.25, 0.3) is 0 Å². The van der Waals surface area contributed by atoms with E-state index in [9.17, 15) is 9.18 Å². The molecule has 0 aromatic heterocycles. The maximum atomic E-state index is 13.7. The van der Waals surface area contributed by atoms with Gasteiger partial charge < -0.3 is 9.64 Å². The molecule has 0 atom stereocenters. The molecule has 1 rings (SSSR count). The lowest BCUT2D eigenvalue weighted by molar-refractivity contribution is 0.0961. The van der Waals surface area contributed by atoms with Gasteiger partial charge in [-0.2, -0.15) is 0 Å². The van der Waals surface area contributed by atoms with Crippen LogP contribution in [-0.4, -0.2) is 37.9 Å². The number of halogens is 1. The zero-order chi connectivity index (χ0) is 14.3.